The van der Waals surface area contributed by atoms with Crippen molar-refractivity contribution in [2.45, 2.75) is 26.3 Å². The zero-order valence-electron chi connectivity index (χ0n) is 16.3. The van der Waals surface area contributed by atoms with Crippen molar-refractivity contribution in [2.24, 2.45) is 0 Å². The normalized spacial score (nSPS) is 11.8. The summed E-state index contributed by atoms with van der Waals surface area (Å²) in [6.07, 6.45) is 0.966. The number of quaternary nitrogens is 1. The van der Waals surface area contributed by atoms with Crippen molar-refractivity contribution in [3.05, 3.63) is 101 Å². The van der Waals surface area contributed by atoms with Crippen molar-refractivity contribution in [1.82, 2.24) is 0 Å². The molecule has 0 aromatic heterocycles. The molecule has 1 amide bonds. The molecule has 1 atom stereocenters. The Morgan fingerprint density at radius 3 is 2.43 bits per heavy atom. The quantitative estimate of drug-likeness (QED) is 0.643. The van der Waals surface area contributed by atoms with Crippen LogP contribution in [0.25, 0.3) is 0 Å². The molecule has 3 aromatic rings. The van der Waals surface area contributed by atoms with Crippen LogP contribution >= 0.6 is 0 Å². The van der Waals surface area contributed by atoms with Crippen LogP contribution in [0.3, 0.4) is 0 Å². The van der Waals surface area contributed by atoms with Gasteiger partial charge in [0.2, 0.25) is 0 Å². The Morgan fingerprint density at radius 2 is 1.75 bits per heavy atom. The van der Waals surface area contributed by atoms with E-state index in [9.17, 15) is 9.18 Å². The Kier molecular flexibility index (Phi) is 6.56. The average Bonchev–Trinajstić information content (AvgIpc) is 2.70. The molecule has 0 bridgehead atoms. The molecule has 0 saturated heterocycles. The Balaban J connectivity index is 1.77. The first-order valence-electron chi connectivity index (χ1n) is 9.60. The van der Waals surface area contributed by atoms with Crippen LogP contribution in [-0.2, 0) is 11.2 Å². The van der Waals surface area contributed by atoms with Crippen LogP contribution < -0.4 is 10.6 Å². The van der Waals surface area contributed by atoms with Crippen molar-refractivity contribution in [2.75, 3.05) is 11.9 Å². The Bertz CT molecular complexity index is 937. The third-order valence-corrected chi connectivity index (χ3v) is 4.91. The van der Waals surface area contributed by atoms with Crippen molar-refractivity contribution >= 4 is 11.6 Å². The fraction of sp³-hybridized carbons (Fsp3) is 0.208. The molecule has 0 unspecified atom stereocenters. The average molecular weight is 377 g/mol. The summed E-state index contributed by atoms with van der Waals surface area (Å²) < 4.78 is 13.8. The summed E-state index contributed by atoms with van der Waals surface area (Å²) in [6.45, 7) is 4.32. The molecule has 0 aliphatic rings. The molecule has 28 heavy (non-hydrogen) atoms. The monoisotopic (exact) mass is 377 g/mol. The second kappa shape index (κ2) is 9.29. The molecule has 3 aromatic carbocycles. The third-order valence-electron chi connectivity index (χ3n) is 4.91. The van der Waals surface area contributed by atoms with E-state index in [0.717, 1.165) is 28.8 Å². The van der Waals surface area contributed by atoms with Crippen molar-refractivity contribution in [3.63, 3.8) is 0 Å². The molecule has 3 N–H and O–H groups in total. The van der Waals surface area contributed by atoms with E-state index < -0.39 is 0 Å². The highest BCUT2D eigenvalue weighted by molar-refractivity contribution is 5.92. The number of nitrogens with two attached hydrogens (primary N) is 1. The van der Waals surface area contributed by atoms with E-state index in [0.29, 0.717) is 0 Å². The van der Waals surface area contributed by atoms with Gasteiger partial charge in [-0.15, -0.1) is 0 Å². The molecule has 4 heteroatoms. The van der Waals surface area contributed by atoms with Crippen LogP contribution in [0.1, 0.15) is 35.2 Å². The number of amides is 1. The molecular formula is C24H26FN2O+. The zero-order valence-corrected chi connectivity index (χ0v) is 16.3. The van der Waals surface area contributed by atoms with E-state index in [2.05, 4.69) is 36.5 Å². The lowest BCUT2D eigenvalue weighted by Gasteiger charge is -2.17. The van der Waals surface area contributed by atoms with Gasteiger partial charge in [-0.25, -0.2) is 4.39 Å². The predicted molar refractivity (Wildman–Crippen MR) is 111 cm³/mol. The van der Waals surface area contributed by atoms with E-state index in [1.165, 1.54) is 17.7 Å². The third kappa shape index (κ3) is 5.05. The van der Waals surface area contributed by atoms with Gasteiger partial charge in [0.05, 0.1) is 0 Å². The number of carbonyl (C=O) groups is 1. The van der Waals surface area contributed by atoms with E-state index in [4.69, 9.17) is 0 Å². The molecule has 0 aliphatic heterocycles. The minimum Gasteiger partial charge on any atom is -0.328 e. The maximum atomic E-state index is 13.8. The number of hydrogen-bond acceptors (Lipinski definition) is 1. The van der Waals surface area contributed by atoms with Gasteiger partial charge in [0.15, 0.2) is 6.54 Å². The maximum Gasteiger partial charge on any atom is 0.279 e. The van der Waals surface area contributed by atoms with E-state index in [1.807, 2.05) is 42.6 Å². The van der Waals surface area contributed by atoms with Crippen LogP contribution in [0.15, 0.2) is 72.8 Å². The maximum absolute atomic E-state index is 13.8. The summed E-state index contributed by atoms with van der Waals surface area (Å²) in [5.41, 5.74) is 4.97. The first kappa shape index (κ1) is 19.8. The number of benzene rings is 3. The second-order valence-electron chi connectivity index (χ2n) is 6.93. The number of aryl methyl sites for hydroxylation is 2. The van der Waals surface area contributed by atoms with Crippen LogP contribution in [0.5, 0.6) is 0 Å². The molecule has 0 spiro atoms. The second-order valence-corrected chi connectivity index (χ2v) is 6.93. The van der Waals surface area contributed by atoms with Gasteiger partial charge in [-0.05, 0) is 42.7 Å². The lowest BCUT2D eigenvalue weighted by molar-refractivity contribution is -0.676. The lowest BCUT2D eigenvalue weighted by atomic mass is 9.97. The number of rotatable bonds is 7. The van der Waals surface area contributed by atoms with Crippen LogP contribution in [0.4, 0.5) is 10.1 Å². The molecule has 0 heterocycles. The molecule has 0 fully saturated rings. The zero-order chi connectivity index (χ0) is 19.9. The number of halogens is 1. The molecule has 3 nitrogen and oxygen atoms in total. The lowest BCUT2D eigenvalue weighted by Crippen LogP contribution is -2.87. The first-order chi connectivity index (χ1) is 13.6. The number of anilines is 1. The Morgan fingerprint density at radius 1 is 1.00 bits per heavy atom. The minimum absolute atomic E-state index is 0.0825. The number of hydrogen-bond donors (Lipinski definition) is 2. The summed E-state index contributed by atoms with van der Waals surface area (Å²) in [7, 11) is 0. The molecule has 0 radical (unpaired) electrons. The van der Waals surface area contributed by atoms with Gasteiger partial charge >= 0.3 is 0 Å². The van der Waals surface area contributed by atoms with Crippen LogP contribution in [0, 0.1) is 12.7 Å². The standard InChI is InChI=1S/C24H25FN2O/c1-3-18-11-13-19(14-12-18)24(20-8-6-9-21(25)15-20)26-16-23(28)27-22-10-5-4-7-17(22)2/h4-15,24,26H,3,16H2,1-2H3,(H,27,28)/p+1/t24-/m1/s1. The van der Waals surface area contributed by atoms with Crippen molar-refractivity contribution < 1.29 is 14.5 Å². The minimum atomic E-state index is -0.273. The first-order valence-corrected chi connectivity index (χ1v) is 9.60. The molecule has 0 saturated carbocycles. The van der Waals surface area contributed by atoms with Crippen molar-refractivity contribution in [3.8, 4) is 0 Å². The molecular weight excluding hydrogens is 351 g/mol. The predicted octanol–water partition coefficient (Wildman–Crippen LogP) is 3.99. The SMILES string of the molecule is CCc1ccc([C@@H]([NH2+]CC(=O)Nc2ccccc2C)c2cccc(F)c2)cc1. The summed E-state index contributed by atoms with van der Waals surface area (Å²) >= 11 is 0. The number of nitrogens with one attached hydrogen (secondary N) is 1. The van der Waals surface area contributed by atoms with E-state index in [1.54, 1.807) is 6.07 Å². The topological polar surface area (TPSA) is 45.7 Å². The van der Waals surface area contributed by atoms with Crippen molar-refractivity contribution in [1.29, 1.82) is 0 Å². The summed E-state index contributed by atoms with van der Waals surface area (Å²) in [6, 6.07) is 22.4. The van der Waals surface area contributed by atoms with Gasteiger partial charge in [-0.3, -0.25) is 4.79 Å². The largest absolute Gasteiger partial charge is 0.328 e. The fourth-order valence-electron chi connectivity index (χ4n) is 3.26. The Hall–Kier alpha value is -2.98. The van der Waals surface area contributed by atoms with Gasteiger partial charge in [0, 0.05) is 16.8 Å². The van der Waals surface area contributed by atoms with Gasteiger partial charge in [0.1, 0.15) is 11.9 Å². The fourth-order valence-corrected chi connectivity index (χ4v) is 3.26. The number of para-hydroxylation sites is 1. The van der Waals surface area contributed by atoms with Gasteiger partial charge in [-0.2, -0.15) is 0 Å². The molecule has 0 aliphatic carbocycles. The van der Waals surface area contributed by atoms with Crippen LogP contribution in [0.2, 0.25) is 0 Å². The highest BCUT2D eigenvalue weighted by atomic mass is 19.1. The summed E-state index contributed by atoms with van der Waals surface area (Å²) in [5.74, 6) is -0.355. The van der Waals surface area contributed by atoms with Gasteiger partial charge in [-0.1, -0.05) is 61.5 Å². The molecule has 144 valence electrons. The Labute approximate surface area is 165 Å². The summed E-state index contributed by atoms with van der Waals surface area (Å²) in [5, 5.41) is 4.90. The number of carbonyl (C=O) groups excluding carboxylic acids is 1. The van der Waals surface area contributed by atoms with Gasteiger partial charge < -0.3 is 10.6 Å². The highest BCUT2D eigenvalue weighted by Crippen LogP contribution is 2.20. The highest BCUT2D eigenvalue weighted by Gasteiger charge is 2.20. The smallest absolute Gasteiger partial charge is 0.279 e. The van der Waals surface area contributed by atoms with Crippen LogP contribution in [-0.4, -0.2) is 12.5 Å². The molecule has 3 rings (SSSR count). The van der Waals surface area contributed by atoms with E-state index >= 15 is 0 Å². The summed E-state index contributed by atoms with van der Waals surface area (Å²) in [4.78, 5) is 12.5. The van der Waals surface area contributed by atoms with Gasteiger partial charge in [0.25, 0.3) is 5.91 Å². The van der Waals surface area contributed by atoms with E-state index in [-0.39, 0.29) is 24.3 Å².